The van der Waals surface area contributed by atoms with Gasteiger partial charge >= 0.3 is 0 Å². The molecule has 1 atom stereocenters. The molecule has 1 aliphatic heterocycles. The molecule has 0 radical (unpaired) electrons. The van der Waals surface area contributed by atoms with E-state index >= 15 is 0 Å². The summed E-state index contributed by atoms with van der Waals surface area (Å²) in [5.74, 6) is 0.354. The Kier molecular flexibility index (Phi) is 7.42. The number of halogens is 1. The van der Waals surface area contributed by atoms with E-state index in [9.17, 15) is 4.39 Å². The van der Waals surface area contributed by atoms with Gasteiger partial charge in [0.25, 0.3) is 5.89 Å². The summed E-state index contributed by atoms with van der Waals surface area (Å²) < 4.78 is 24.6. The Morgan fingerprint density at radius 2 is 2.03 bits per heavy atom. The number of hydrogen-bond donors (Lipinski definition) is 1. The van der Waals surface area contributed by atoms with E-state index in [1.807, 2.05) is 18.1 Å². The molecule has 6 nitrogen and oxygen atoms in total. The third-order valence-corrected chi connectivity index (χ3v) is 6.60. The van der Waals surface area contributed by atoms with Crippen molar-refractivity contribution in [1.29, 1.82) is 0 Å². The maximum atomic E-state index is 13.7. The van der Waals surface area contributed by atoms with Gasteiger partial charge in [-0.2, -0.15) is 4.98 Å². The zero-order chi connectivity index (χ0) is 23.4. The SMILES string of the molecule is COCCCN1C(=S)NC(c2ccc(SC)cc2)C(c2nc(-c3cccc(F)c3)no2)=C1C. The Morgan fingerprint density at radius 3 is 2.73 bits per heavy atom. The number of nitrogens with one attached hydrogen (secondary N) is 1. The smallest absolute Gasteiger partial charge is 0.258 e. The van der Waals surface area contributed by atoms with Gasteiger partial charge in [0, 0.05) is 36.4 Å². The highest BCUT2D eigenvalue weighted by molar-refractivity contribution is 7.98. The minimum Gasteiger partial charge on any atom is -0.385 e. The van der Waals surface area contributed by atoms with Crippen LogP contribution in [0.2, 0.25) is 0 Å². The fraction of sp³-hybridized carbons (Fsp3) is 0.292. The van der Waals surface area contributed by atoms with Crippen LogP contribution >= 0.6 is 24.0 Å². The van der Waals surface area contributed by atoms with E-state index in [0.29, 0.717) is 35.5 Å². The molecule has 0 amide bonds. The Hall–Kier alpha value is -2.75. The minimum absolute atomic E-state index is 0.257. The van der Waals surface area contributed by atoms with Crippen LogP contribution in [-0.4, -0.2) is 46.7 Å². The highest BCUT2D eigenvalue weighted by atomic mass is 32.2. The molecule has 33 heavy (non-hydrogen) atoms. The number of allylic oxidation sites excluding steroid dienone is 1. The number of methoxy groups -OCH3 is 1. The van der Waals surface area contributed by atoms with E-state index < -0.39 is 0 Å². The van der Waals surface area contributed by atoms with Crippen molar-refractivity contribution in [2.75, 3.05) is 26.5 Å². The number of thioether (sulfide) groups is 1. The average molecular weight is 485 g/mol. The lowest BCUT2D eigenvalue weighted by molar-refractivity contribution is 0.188. The Labute approximate surface area is 202 Å². The molecule has 0 fully saturated rings. The summed E-state index contributed by atoms with van der Waals surface area (Å²) >= 11 is 7.39. The zero-order valence-electron chi connectivity index (χ0n) is 18.7. The standard InChI is InChI=1S/C24H25FN4O2S2/c1-15-20(23-27-22(28-31-23)17-6-4-7-18(25)14-17)21(16-8-10-19(33-3)11-9-16)26-24(32)29(15)12-5-13-30-2/h4,6-11,14,21H,5,12-13H2,1-3H3,(H,26,32). The van der Waals surface area contributed by atoms with Gasteiger partial charge in [-0.1, -0.05) is 29.4 Å². The van der Waals surface area contributed by atoms with Crippen molar-refractivity contribution in [1.82, 2.24) is 20.4 Å². The Balaban J connectivity index is 1.76. The maximum Gasteiger partial charge on any atom is 0.258 e. The number of nitrogens with zero attached hydrogens (tertiary/aromatic N) is 3. The number of hydrogen-bond acceptors (Lipinski definition) is 6. The first-order valence-electron chi connectivity index (χ1n) is 10.5. The topological polar surface area (TPSA) is 63.4 Å². The average Bonchev–Trinajstić information content (AvgIpc) is 3.31. The van der Waals surface area contributed by atoms with E-state index in [-0.39, 0.29) is 11.9 Å². The molecule has 2 aromatic carbocycles. The van der Waals surface area contributed by atoms with Crippen LogP contribution in [0.5, 0.6) is 0 Å². The van der Waals surface area contributed by atoms with Gasteiger partial charge in [0.15, 0.2) is 5.11 Å². The Morgan fingerprint density at radius 1 is 1.24 bits per heavy atom. The van der Waals surface area contributed by atoms with Crippen LogP contribution in [0, 0.1) is 5.82 Å². The number of rotatable bonds is 8. The van der Waals surface area contributed by atoms with E-state index in [2.05, 4.69) is 39.7 Å². The first-order valence-corrected chi connectivity index (χ1v) is 12.2. The molecule has 172 valence electrons. The molecule has 3 aromatic rings. The summed E-state index contributed by atoms with van der Waals surface area (Å²) in [6, 6.07) is 14.2. The van der Waals surface area contributed by atoms with Crippen molar-refractivity contribution in [2.45, 2.75) is 24.3 Å². The second-order valence-corrected chi connectivity index (χ2v) is 8.85. The van der Waals surface area contributed by atoms with Crippen molar-refractivity contribution in [3.63, 3.8) is 0 Å². The quantitative estimate of drug-likeness (QED) is 0.263. The van der Waals surface area contributed by atoms with Crippen LogP contribution in [0.4, 0.5) is 4.39 Å². The summed E-state index contributed by atoms with van der Waals surface area (Å²) in [7, 11) is 1.68. The fourth-order valence-electron chi connectivity index (χ4n) is 3.82. The maximum absolute atomic E-state index is 13.7. The second-order valence-electron chi connectivity index (χ2n) is 7.59. The zero-order valence-corrected chi connectivity index (χ0v) is 20.3. The molecule has 1 unspecified atom stereocenters. The molecule has 9 heteroatoms. The Bertz CT molecular complexity index is 1160. The normalized spacial score (nSPS) is 16.3. The molecule has 0 aliphatic carbocycles. The van der Waals surface area contributed by atoms with Gasteiger partial charge in [-0.05, 0) is 61.6 Å². The van der Waals surface area contributed by atoms with Gasteiger partial charge in [0.1, 0.15) is 5.82 Å². The van der Waals surface area contributed by atoms with E-state index in [4.69, 9.17) is 21.5 Å². The van der Waals surface area contributed by atoms with Crippen LogP contribution in [0.15, 0.2) is 63.6 Å². The lowest BCUT2D eigenvalue weighted by Gasteiger charge is -2.37. The van der Waals surface area contributed by atoms with Crippen LogP contribution < -0.4 is 5.32 Å². The van der Waals surface area contributed by atoms with Crippen molar-refractivity contribution < 1.29 is 13.7 Å². The molecular weight excluding hydrogens is 459 g/mol. The molecule has 1 N–H and O–H groups in total. The molecule has 0 spiro atoms. The van der Waals surface area contributed by atoms with Crippen molar-refractivity contribution in [3.8, 4) is 11.4 Å². The van der Waals surface area contributed by atoms with Crippen molar-refractivity contribution >= 4 is 34.7 Å². The van der Waals surface area contributed by atoms with Gasteiger partial charge in [-0.3, -0.25) is 0 Å². The van der Waals surface area contributed by atoms with Crippen LogP contribution in [-0.2, 0) is 4.74 Å². The number of ether oxygens (including phenoxy) is 1. The van der Waals surface area contributed by atoms with E-state index in [0.717, 1.165) is 23.3 Å². The third-order valence-electron chi connectivity index (χ3n) is 5.51. The van der Waals surface area contributed by atoms with Crippen LogP contribution in [0.3, 0.4) is 0 Å². The first-order chi connectivity index (χ1) is 16.0. The fourth-order valence-corrected chi connectivity index (χ4v) is 4.57. The predicted molar refractivity (Wildman–Crippen MR) is 132 cm³/mol. The molecule has 0 bridgehead atoms. The molecule has 1 aliphatic rings. The highest BCUT2D eigenvalue weighted by Gasteiger charge is 2.34. The highest BCUT2D eigenvalue weighted by Crippen LogP contribution is 2.38. The first kappa shape index (κ1) is 23.4. The number of aromatic nitrogens is 2. The molecule has 0 saturated heterocycles. The predicted octanol–water partition coefficient (Wildman–Crippen LogP) is 5.30. The molecule has 0 saturated carbocycles. The summed E-state index contributed by atoms with van der Waals surface area (Å²) in [4.78, 5) is 7.82. The van der Waals surface area contributed by atoms with Crippen LogP contribution in [0.25, 0.3) is 17.0 Å². The van der Waals surface area contributed by atoms with Crippen molar-refractivity contribution in [2.24, 2.45) is 0 Å². The molecule has 2 heterocycles. The van der Waals surface area contributed by atoms with Gasteiger partial charge in [-0.25, -0.2) is 4.39 Å². The van der Waals surface area contributed by atoms with E-state index in [1.54, 1.807) is 31.0 Å². The van der Waals surface area contributed by atoms with Crippen LogP contribution in [0.1, 0.15) is 30.8 Å². The summed E-state index contributed by atoms with van der Waals surface area (Å²) in [6.07, 6.45) is 2.86. The minimum atomic E-state index is -0.352. The summed E-state index contributed by atoms with van der Waals surface area (Å²) in [6.45, 7) is 3.33. The third kappa shape index (κ3) is 5.10. The summed E-state index contributed by atoms with van der Waals surface area (Å²) in [5, 5.41) is 8.21. The van der Waals surface area contributed by atoms with Crippen molar-refractivity contribution in [3.05, 3.63) is 71.5 Å². The largest absolute Gasteiger partial charge is 0.385 e. The number of thiocarbonyl (C=S) groups is 1. The molecule has 4 rings (SSSR count). The lowest BCUT2D eigenvalue weighted by atomic mass is 9.95. The van der Waals surface area contributed by atoms with E-state index in [1.165, 1.54) is 17.0 Å². The molecular formula is C24H25FN4O2S2. The lowest BCUT2D eigenvalue weighted by Crippen LogP contribution is -2.46. The second kappa shape index (κ2) is 10.5. The molecule has 1 aromatic heterocycles. The van der Waals surface area contributed by atoms with Gasteiger partial charge in [0.2, 0.25) is 5.82 Å². The van der Waals surface area contributed by atoms with Gasteiger partial charge in [0.05, 0.1) is 11.6 Å². The monoisotopic (exact) mass is 484 g/mol. The van der Waals surface area contributed by atoms with Gasteiger partial charge < -0.3 is 19.5 Å². The summed E-state index contributed by atoms with van der Waals surface area (Å²) in [5.41, 5.74) is 3.36. The number of benzene rings is 2. The van der Waals surface area contributed by atoms with Gasteiger partial charge in [-0.15, -0.1) is 11.8 Å².